The molecule has 0 fully saturated rings. The third-order valence-electron chi connectivity index (χ3n) is 4.13. The van der Waals surface area contributed by atoms with E-state index in [1.165, 1.54) is 0 Å². The minimum atomic E-state index is -0.416. The van der Waals surface area contributed by atoms with E-state index in [2.05, 4.69) is 20.6 Å². The summed E-state index contributed by atoms with van der Waals surface area (Å²) in [7, 11) is 1.61. The third-order valence-corrected chi connectivity index (χ3v) is 4.13. The number of ether oxygens (including phenoxy) is 2. The third kappa shape index (κ3) is 4.41. The molecule has 0 unspecified atom stereocenters. The molecule has 29 heavy (non-hydrogen) atoms. The predicted molar refractivity (Wildman–Crippen MR) is 112 cm³/mol. The van der Waals surface area contributed by atoms with Crippen LogP contribution in [0.4, 0.5) is 16.4 Å². The largest absolute Gasteiger partial charge is 0.497 e. The molecule has 7 nitrogen and oxygen atoms in total. The summed E-state index contributed by atoms with van der Waals surface area (Å²) in [5, 5.41) is 6.10. The van der Waals surface area contributed by atoms with Crippen LogP contribution in [-0.4, -0.2) is 23.1 Å². The number of nitrogens with one attached hydrogen (secondary N) is 2. The highest BCUT2D eigenvalue weighted by Gasteiger charge is 2.09. The van der Waals surface area contributed by atoms with Gasteiger partial charge in [-0.05, 0) is 48.5 Å². The first kappa shape index (κ1) is 18.2. The quantitative estimate of drug-likeness (QED) is 0.500. The van der Waals surface area contributed by atoms with Crippen molar-refractivity contribution in [2.45, 2.75) is 0 Å². The summed E-state index contributed by atoms with van der Waals surface area (Å²) in [5.74, 6) is 2.24. The monoisotopic (exact) mass is 386 g/mol. The zero-order valence-electron chi connectivity index (χ0n) is 15.6. The maximum Gasteiger partial charge on any atom is 0.326 e. The Labute approximate surface area is 167 Å². The van der Waals surface area contributed by atoms with Gasteiger partial charge < -0.3 is 14.8 Å². The molecule has 4 rings (SSSR count). The standard InChI is InChI=1S/C22H18N4O3/c1-28-16-10-12-17(13-11-16)29-20-9-5-8-19-18(20)14-23-21(25-19)26-22(27)24-15-6-3-2-4-7-15/h2-14H,1H3,(H2,23,24,25,26,27). The second kappa shape index (κ2) is 8.26. The Balaban J connectivity index is 1.51. The topological polar surface area (TPSA) is 85.4 Å². The lowest BCUT2D eigenvalue weighted by atomic mass is 10.2. The molecule has 4 aromatic rings. The Kier molecular flexibility index (Phi) is 5.20. The number of rotatable bonds is 5. The zero-order valence-corrected chi connectivity index (χ0v) is 15.6. The summed E-state index contributed by atoms with van der Waals surface area (Å²) in [4.78, 5) is 20.8. The van der Waals surface area contributed by atoms with Crippen LogP contribution in [0.2, 0.25) is 0 Å². The van der Waals surface area contributed by atoms with Gasteiger partial charge >= 0.3 is 6.03 Å². The lowest BCUT2D eigenvalue weighted by Crippen LogP contribution is -2.20. The van der Waals surface area contributed by atoms with Gasteiger partial charge in [0.15, 0.2) is 0 Å². The number of hydrogen-bond acceptors (Lipinski definition) is 5. The van der Waals surface area contributed by atoms with Crippen molar-refractivity contribution >= 4 is 28.6 Å². The summed E-state index contributed by atoms with van der Waals surface area (Å²) in [6, 6.07) is 21.5. The van der Waals surface area contributed by atoms with Crippen LogP contribution in [0.15, 0.2) is 79.0 Å². The van der Waals surface area contributed by atoms with Crippen molar-refractivity contribution < 1.29 is 14.3 Å². The minimum absolute atomic E-state index is 0.201. The second-order valence-corrected chi connectivity index (χ2v) is 6.11. The molecule has 0 atom stereocenters. The lowest BCUT2D eigenvalue weighted by molar-refractivity contribution is 0.262. The number of carbonyl (C=O) groups is 1. The van der Waals surface area contributed by atoms with Gasteiger partial charge in [0, 0.05) is 11.9 Å². The van der Waals surface area contributed by atoms with Crippen molar-refractivity contribution in [2.75, 3.05) is 17.7 Å². The van der Waals surface area contributed by atoms with Crippen LogP contribution in [-0.2, 0) is 0 Å². The molecule has 0 saturated carbocycles. The molecular weight excluding hydrogens is 368 g/mol. The van der Waals surface area contributed by atoms with E-state index in [1.54, 1.807) is 25.4 Å². The Morgan fingerprint density at radius 1 is 0.862 bits per heavy atom. The second-order valence-electron chi connectivity index (χ2n) is 6.11. The number of amides is 2. The van der Waals surface area contributed by atoms with Crippen LogP contribution in [0.3, 0.4) is 0 Å². The molecule has 2 N–H and O–H groups in total. The van der Waals surface area contributed by atoms with Crippen LogP contribution < -0.4 is 20.1 Å². The number of hydrogen-bond donors (Lipinski definition) is 2. The predicted octanol–water partition coefficient (Wildman–Crippen LogP) is 5.07. The Bertz CT molecular complexity index is 1130. The first-order chi connectivity index (χ1) is 14.2. The normalized spacial score (nSPS) is 10.4. The molecule has 7 heteroatoms. The SMILES string of the molecule is COc1ccc(Oc2cccc3nc(NC(=O)Nc4ccccc4)ncc23)cc1. The van der Waals surface area contributed by atoms with Gasteiger partial charge in [-0.25, -0.2) is 14.8 Å². The van der Waals surface area contributed by atoms with E-state index < -0.39 is 6.03 Å². The van der Waals surface area contributed by atoms with Gasteiger partial charge in [0.25, 0.3) is 0 Å². The highest BCUT2D eigenvalue weighted by atomic mass is 16.5. The van der Waals surface area contributed by atoms with E-state index in [0.29, 0.717) is 22.7 Å². The molecule has 0 spiro atoms. The number of carbonyl (C=O) groups excluding carboxylic acids is 1. The molecule has 0 radical (unpaired) electrons. The molecule has 0 aliphatic rings. The first-order valence-corrected chi connectivity index (χ1v) is 8.92. The number of aromatic nitrogens is 2. The fourth-order valence-electron chi connectivity index (χ4n) is 2.73. The van der Waals surface area contributed by atoms with E-state index in [9.17, 15) is 4.79 Å². The molecule has 0 aliphatic carbocycles. The fourth-order valence-corrected chi connectivity index (χ4v) is 2.73. The van der Waals surface area contributed by atoms with Crippen LogP contribution in [0.1, 0.15) is 0 Å². The highest BCUT2D eigenvalue weighted by molar-refractivity contribution is 5.99. The minimum Gasteiger partial charge on any atom is -0.497 e. The van der Waals surface area contributed by atoms with Gasteiger partial charge in [-0.15, -0.1) is 0 Å². The maximum atomic E-state index is 12.1. The molecular formula is C22H18N4O3. The average Bonchev–Trinajstić information content (AvgIpc) is 2.75. The molecule has 144 valence electrons. The summed E-state index contributed by atoms with van der Waals surface area (Å²) in [6.45, 7) is 0. The van der Waals surface area contributed by atoms with E-state index in [1.807, 2.05) is 60.7 Å². The van der Waals surface area contributed by atoms with Crippen molar-refractivity contribution in [2.24, 2.45) is 0 Å². The highest BCUT2D eigenvalue weighted by Crippen LogP contribution is 2.30. The lowest BCUT2D eigenvalue weighted by Gasteiger charge is -2.10. The summed E-state index contributed by atoms with van der Waals surface area (Å²) >= 11 is 0. The van der Waals surface area contributed by atoms with E-state index in [-0.39, 0.29) is 5.95 Å². The van der Waals surface area contributed by atoms with E-state index in [0.717, 1.165) is 11.1 Å². The maximum absolute atomic E-state index is 12.1. The molecule has 1 aromatic heterocycles. The molecule has 3 aromatic carbocycles. The van der Waals surface area contributed by atoms with Crippen molar-refractivity contribution in [3.8, 4) is 17.2 Å². The molecule has 2 amide bonds. The number of nitrogens with zero attached hydrogens (tertiary/aromatic N) is 2. The van der Waals surface area contributed by atoms with Gasteiger partial charge in [0.2, 0.25) is 5.95 Å². The number of fused-ring (bicyclic) bond motifs is 1. The van der Waals surface area contributed by atoms with Crippen molar-refractivity contribution in [1.82, 2.24) is 9.97 Å². The Morgan fingerprint density at radius 2 is 1.62 bits per heavy atom. The van der Waals surface area contributed by atoms with E-state index >= 15 is 0 Å². The van der Waals surface area contributed by atoms with Crippen LogP contribution in [0.5, 0.6) is 17.2 Å². The molecule has 0 aliphatic heterocycles. The summed E-state index contributed by atoms with van der Waals surface area (Å²) in [6.07, 6.45) is 1.62. The number of urea groups is 1. The smallest absolute Gasteiger partial charge is 0.326 e. The summed E-state index contributed by atoms with van der Waals surface area (Å²) in [5.41, 5.74) is 1.34. The number of methoxy groups -OCH3 is 1. The van der Waals surface area contributed by atoms with Gasteiger partial charge in [-0.1, -0.05) is 24.3 Å². The number of anilines is 2. The van der Waals surface area contributed by atoms with Crippen LogP contribution in [0, 0.1) is 0 Å². The van der Waals surface area contributed by atoms with E-state index in [4.69, 9.17) is 9.47 Å². The van der Waals surface area contributed by atoms with Crippen molar-refractivity contribution in [1.29, 1.82) is 0 Å². The van der Waals surface area contributed by atoms with Gasteiger partial charge in [0.05, 0.1) is 18.0 Å². The van der Waals surface area contributed by atoms with Crippen LogP contribution >= 0.6 is 0 Å². The van der Waals surface area contributed by atoms with Crippen molar-refractivity contribution in [3.63, 3.8) is 0 Å². The van der Waals surface area contributed by atoms with Gasteiger partial charge in [-0.2, -0.15) is 0 Å². The first-order valence-electron chi connectivity index (χ1n) is 8.92. The molecule has 0 bridgehead atoms. The van der Waals surface area contributed by atoms with Gasteiger partial charge in [0.1, 0.15) is 17.2 Å². The average molecular weight is 386 g/mol. The fraction of sp³-hybridized carbons (Fsp3) is 0.0455. The van der Waals surface area contributed by atoms with Crippen molar-refractivity contribution in [3.05, 3.63) is 79.0 Å². The van der Waals surface area contributed by atoms with Gasteiger partial charge in [-0.3, -0.25) is 5.32 Å². The van der Waals surface area contributed by atoms with Crippen LogP contribution in [0.25, 0.3) is 10.9 Å². The number of benzene rings is 3. The number of para-hydroxylation sites is 1. The summed E-state index contributed by atoms with van der Waals surface area (Å²) < 4.78 is 11.1. The molecule has 1 heterocycles. The Morgan fingerprint density at radius 3 is 2.38 bits per heavy atom. The molecule has 0 saturated heterocycles. The zero-order chi connectivity index (χ0) is 20.1. The Hall–Kier alpha value is -4.13.